The van der Waals surface area contributed by atoms with E-state index in [2.05, 4.69) is 27.3 Å². The fraction of sp³-hybridized carbons (Fsp3) is 0.188. The topological polar surface area (TPSA) is 65.3 Å². The van der Waals surface area contributed by atoms with Crippen LogP contribution in [0, 0.1) is 11.3 Å². The zero-order chi connectivity index (χ0) is 15.2. The van der Waals surface area contributed by atoms with Gasteiger partial charge in [0.05, 0.1) is 30.5 Å². The zero-order valence-electron chi connectivity index (χ0n) is 11.5. The van der Waals surface area contributed by atoms with E-state index in [1.54, 1.807) is 31.4 Å². The number of anilines is 1. The number of nitrogens with zero attached hydrogens (tertiary/aromatic N) is 1. The molecule has 1 unspecified atom stereocenters. The Morgan fingerprint density at radius 1 is 1.29 bits per heavy atom. The lowest BCUT2D eigenvalue weighted by molar-refractivity contribution is 0.191. The summed E-state index contributed by atoms with van der Waals surface area (Å²) in [6, 6.07) is 14.6. The normalized spacial score (nSPS) is 11.5. The van der Waals surface area contributed by atoms with Crippen molar-refractivity contribution in [3.05, 3.63) is 58.1 Å². The van der Waals surface area contributed by atoms with E-state index < -0.39 is 6.10 Å². The third kappa shape index (κ3) is 3.97. The number of methoxy groups -OCH3 is 1. The van der Waals surface area contributed by atoms with Crippen LogP contribution in [0.25, 0.3) is 0 Å². The lowest BCUT2D eigenvalue weighted by Crippen LogP contribution is -2.12. The Morgan fingerprint density at radius 2 is 2.00 bits per heavy atom. The van der Waals surface area contributed by atoms with Gasteiger partial charge in [0.15, 0.2) is 0 Å². The Kier molecular flexibility index (Phi) is 5.20. The van der Waals surface area contributed by atoms with Crippen LogP contribution in [-0.2, 0) is 0 Å². The van der Waals surface area contributed by atoms with Gasteiger partial charge in [-0.3, -0.25) is 0 Å². The number of hydrogen-bond acceptors (Lipinski definition) is 4. The lowest BCUT2D eigenvalue weighted by atomic mass is 10.1. The molecule has 2 aromatic rings. The fourth-order valence-corrected chi connectivity index (χ4v) is 2.28. The van der Waals surface area contributed by atoms with E-state index in [0.29, 0.717) is 17.9 Å². The number of halogens is 1. The molecule has 0 saturated carbocycles. The molecule has 0 aliphatic heterocycles. The number of rotatable bonds is 5. The van der Waals surface area contributed by atoms with Gasteiger partial charge in [-0.05, 0) is 35.9 Å². The monoisotopic (exact) mass is 346 g/mol. The molecule has 0 saturated heterocycles. The number of nitrogens with one attached hydrogen (secondary N) is 1. The maximum absolute atomic E-state index is 10.2. The molecule has 0 fully saturated rings. The lowest BCUT2D eigenvalue weighted by Gasteiger charge is -2.15. The summed E-state index contributed by atoms with van der Waals surface area (Å²) in [5.41, 5.74) is 2.14. The van der Waals surface area contributed by atoms with E-state index in [0.717, 1.165) is 15.7 Å². The highest BCUT2D eigenvalue weighted by molar-refractivity contribution is 9.10. The summed E-state index contributed by atoms with van der Waals surface area (Å²) >= 11 is 3.40. The number of hydrogen-bond donors (Lipinski definition) is 2. The highest BCUT2D eigenvalue weighted by atomic mass is 79.9. The van der Waals surface area contributed by atoms with Crippen LogP contribution in [0.15, 0.2) is 46.9 Å². The highest BCUT2D eigenvalue weighted by Crippen LogP contribution is 2.28. The summed E-state index contributed by atoms with van der Waals surface area (Å²) in [6.07, 6.45) is -0.665. The second-order valence-corrected chi connectivity index (χ2v) is 5.39. The van der Waals surface area contributed by atoms with Gasteiger partial charge in [0.1, 0.15) is 5.75 Å². The Balaban J connectivity index is 2.05. The first-order valence-corrected chi connectivity index (χ1v) is 7.19. The molecular formula is C16H15BrN2O2. The molecule has 5 heteroatoms. The third-order valence-electron chi connectivity index (χ3n) is 3.07. The predicted octanol–water partition coefficient (Wildman–Crippen LogP) is 3.47. The van der Waals surface area contributed by atoms with E-state index in [9.17, 15) is 5.11 Å². The van der Waals surface area contributed by atoms with Gasteiger partial charge in [-0.15, -0.1) is 0 Å². The van der Waals surface area contributed by atoms with E-state index >= 15 is 0 Å². The molecule has 1 atom stereocenters. The summed E-state index contributed by atoms with van der Waals surface area (Å²) < 4.78 is 6.20. The van der Waals surface area contributed by atoms with Crippen LogP contribution in [0.3, 0.4) is 0 Å². The van der Waals surface area contributed by atoms with Crippen molar-refractivity contribution in [1.29, 1.82) is 5.26 Å². The molecule has 108 valence electrons. The van der Waals surface area contributed by atoms with Crippen molar-refractivity contribution in [2.45, 2.75) is 6.10 Å². The largest absolute Gasteiger partial charge is 0.495 e. The standard InChI is InChI=1S/C16H15BrN2O2/c1-21-16-7-6-13(17)8-14(16)19-10-15(20)12-4-2-11(9-18)3-5-12/h2-8,15,19-20H,10H2,1H3. The highest BCUT2D eigenvalue weighted by Gasteiger charge is 2.09. The van der Waals surface area contributed by atoms with Gasteiger partial charge in [0.25, 0.3) is 0 Å². The molecule has 2 rings (SSSR count). The predicted molar refractivity (Wildman–Crippen MR) is 85.3 cm³/mol. The minimum atomic E-state index is -0.665. The van der Waals surface area contributed by atoms with Crippen LogP contribution in [-0.4, -0.2) is 18.8 Å². The minimum Gasteiger partial charge on any atom is -0.495 e. The quantitative estimate of drug-likeness (QED) is 0.869. The molecule has 0 spiro atoms. The number of aliphatic hydroxyl groups excluding tert-OH is 1. The van der Waals surface area contributed by atoms with Crippen LogP contribution in [0.4, 0.5) is 5.69 Å². The van der Waals surface area contributed by atoms with Gasteiger partial charge in [0.2, 0.25) is 0 Å². The van der Waals surface area contributed by atoms with Crippen LogP contribution in [0.1, 0.15) is 17.2 Å². The molecule has 0 aliphatic carbocycles. The molecule has 0 radical (unpaired) electrons. The number of aliphatic hydroxyl groups is 1. The number of nitriles is 1. The summed E-state index contributed by atoms with van der Waals surface area (Å²) in [6.45, 7) is 0.346. The van der Waals surface area contributed by atoms with Gasteiger partial charge in [-0.25, -0.2) is 0 Å². The minimum absolute atomic E-state index is 0.346. The summed E-state index contributed by atoms with van der Waals surface area (Å²) in [5.74, 6) is 0.713. The third-order valence-corrected chi connectivity index (χ3v) is 3.57. The van der Waals surface area contributed by atoms with Crippen molar-refractivity contribution in [2.75, 3.05) is 19.0 Å². The van der Waals surface area contributed by atoms with Crippen molar-refractivity contribution in [3.63, 3.8) is 0 Å². The maximum Gasteiger partial charge on any atom is 0.142 e. The average Bonchev–Trinajstić information content (AvgIpc) is 2.52. The molecule has 21 heavy (non-hydrogen) atoms. The van der Waals surface area contributed by atoms with Gasteiger partial charge in [-0.2, -0.15) is 5.26 Å². The maximum atomic E-state index is 10.2. The van der Waals surface area contributed by atoms with Gasteiger partial charge in [0, 0.05) is 11.0 Å². The molecule has 0 amide bonds. The van der Waals surface area contributed by atoms with E-state index in [4.69, 9.17) is 10.00 Å². The fourth-order valence-electron chi connectivity index (χ4n) is 1.92. The molecule has 4 nitrogen and oxygen atoms in total. The van der Waals surface area contributed by atoms with Crippen LogP contribution >= 0.6 is 15.9 Å². The Morgan fingerprint density at radius 3 is 2.62 bits per heavy atom. The first kappa shape index (κ1) is 15.4. The summed E-state index contributed by atoms with van der Waals surface area (Å²) in [5, 5.41) is 22.1. The van der Waals surface area contributed by atoms with Crippen LogP contribution in [0.5, 0.6) is 5.75 Å². The van der Waals surface area contributed by atoms with Gasteiger partial charge < -0.3 is 15.2 Å². The Labute approximate surface area is 132 Å². The first-order valence-electron chi connectivity index (χ1n) is 6.39. The van der Waals surface area contributed by atoms with Gasteiger partial charge >= 0.3 is 0 Å². The molecule has 0 bridgehead atoms. The van der Waals surface area contributed by atoms with Crippen LogP contribution < -0.4 is 10.1 Å². The molecule has 2 aromatic carbocycles. The van der Waals surface area contributed by atoms with E-state index in [-0.39, 0.29) is 0 Å². The summed E-state index contributed by atoms with van der Waals surface area (Å²) in [4.78, 5) is 0. The number of ether oxygens (including phenoxy) is 1. The SMILES string of the molecule is COc1ccc(Br)cc1NCC(O)c1ccc(C#N)cc1. The summed E-state index contributed by atoms with van der Waals surface area (Å²) in [7, 11) is 1.60. The second kappa shape index (κ2) is 7.11. The Hall–Kier alpha value is -2.03. The van der Waals surface area contributed by atoms with E-state index in [1.165, 1.54) is 0 Å². The van der Waals surface area contributed by atoms with Crippen molar-refractivity contribution < 1.29 is 9.84 Å². The van der Waals surface area contributed by atoms with Crippen molar-refractivity contribution >= 4 is 21.6 Å². The molecular weight excluding hydrogens is 332 g/mol. The van der Waals surface area contributed by atoms with Crippen molar-refractivity contribution in [1.82, 2.24) is 0 Å². The Bertz CT molecular complexity index is 650. The van der Waals surface area contributed by atoms with Crippen LogP contribution in [0.2, 0.25) is 0 Å². The van der Waals surface area contributed by atoms with Crippen molar-refractivity contribution in [2.24, 2.45) is 0 Å². The molecule has 0 aromatic heterocycles. The number of benzene rings is 2. The molecule has 0 heterocycles. The van der Waals surface area contributed by atoms with Gasteiger partial charge in [-0.1, -0.05) is 28.1 Å². The first-order chi connectivity index (χ1) is 10.1. The average molecular weight is 347 g/mol. The second-order valence-electron chi connectivity index (χ2n) is 4.48. The van der Waals surface area contributed by atoms with E-state index in [1.807, 2.05) is 18.2 Å². The molecule has 2 N–H and O–H groups in total. The smallest absolute Gasteiger partial charge is 0.142 e. The zero-order valence-corrected chi connectivity index (χ0v) is 13.1. The molecule has 0 aliphatic rings. The van der Waals surface area contributed by atoms with Crippen molar-refractivity contribution in [3.8, 4) is 11.8 Å².